The van der Waals surface area contributed by atoms with Crippen molar-refractivity contribution >= 4 is 17.5 Å². The fourth-order valence-electron chi connectivity index (χ4n) is 3.24. The third kappa shape index (κ3) is 3.29. The zero-order chi connectivity index (χ0) is 19.7. The number of hydrogen-bond acceptors (Lipinski definition) is 5. The lowest BCUT2D eigenvalue weighted by Crippen LogP contribution is -2.31. The smallest absolute Gasteiger partial charge is 0.251 e. The van der Waals surface area contributed by atoms with E-state index in [1.54, 1.807) is 22.7 Å². The molecule has 0 aliphatic carbocycles. The van der Waals surface area contributed by atoms with Crippen LogP contribution in [0.2, 0.25) is 0 Å². The maximum absolute atomic E-state index is 11.1. The van der Waals surface area contributed by atoms with Crippen molar-refractivity contribution in [3.8, 4) is 22.4 Å². The average molecular weight is 372 g/mol. The standard InChI is InChI=1S/C21H20N6O/c1-14-16(15-7-4-3-5-8-15)9-6-10-17(14)18-12-27-21(24-18)23-11-20(25-27)26(2)13-19(22)28/h3-12H,13H2,1-2H3,(H2,22,28). The molecule has 7 heteroatoms. The predicted molar refractivity (Wildman–Crippen MR) is 109 cm³/mol. The molecule has 0 saturated carbocycles. The lowest BCUT2D eigenvalue weighted by Gasteiger charge is -2.14. The van der Waals surface area contributed by atoms with Crippen LogP contribution in [0.15, 0.2) is 60.9 Å². The fourth-order valence-corrected chi connectivity index (χ4v) is 3.24. The summed E-state index contributed by atoms with van der Waals surface area (Å²) in [5.74, 6) is 0.616. The van der Waals surface area contributed by atoms with E-state index >= 15 is 0 Å². The second-order valence-corrected chi connectivity index (χ2v) is 6.65. The topological polar surface area (TPSA) is 89.4 Å². The largest absolute Gasteiger partial charge is 0.368 e. The summed E-state index contributed by atoms with van der Waals surface area (Å²) < 4.78 is 1.62. The van der Waals surface area contributed by atoms with E-state index in [9.17, 15) is 4.79 Å². The molecule has 1 amide bonds. The van der Waals surface area contributed by atoms with Crippen molar-refractivity contribution < 1.29 is 4.79 Å². The average Bonchev–Trinajstić information content (AvgIpc) is 3.11. The second kappa shape index (κ2) is 7.11. The number of hydrogen-bond donors (Lipinski definition) is 1. The number of aromatic nitrogens is 4. The number of carbonyl (C=O) groups is 1. The van der Waals surface area contributed by atoms with Crippen LogP contribution < -0.4 is 10.6 Å². The summed E-state index contributed by atoms with van der Waals surface area (Å²) >= 11 is 0. The number of primary amides is 1. The number of benzene rings is 2. The van der Waals surface area contributed by atoms with Crippen molar-refractivity contribution in [1.82, 2.24) is 19.6 Å². The van der Waals surface area contributed by atoms with Gasteiger partial charge in [-0.05, 0) is 23.6 Å². The summed E-state index contributed by atoms with van der Waals surface area (Å²) in [6.07, 6.45) is 3.43. The van der Waals surface area contributed by atoms with Gasteiger partial charge in [0.05, 0.1) is 24.6 Å². The van der Waals surface area contributed by atoms with Gasteiger partial charge in [0.2, 0.25) is 5.91 Å². The van der Waals surface area contributed by atoms with E-state index in [0.717, 1.165) is 27.9 Å². The van der Waals surface area contributed by atoms with Crippen LogP contribution in [0.4, 0.5) is 5.82 Å². The SMILES string of the molecule is Cc1c(-c2ccccc2)cccc1-c1cn2nc(N(C)CC(N)=O)cnc2n1. The zero-order valence-corrected chi connectivity index (χ0v) is 15.7. The first-order valence-electron chi connectivity index (χ1n) is 8.90. The van der Waals surface area contributed by atoms with Crippen molar-refractivity contribution in [1.29, 1.82) is 0 Å². The van der Waals surface area contributed by atoms with Gasteiger partial charge < -0.3 is 10.6 Å². The van der Waals surface area contributed by atoms with Crippen LogP contribution in [0, 0.1) is 6.92 Å². The molecule has 2 aromatic carbocycles. The molecule has 0 saturated heterocycles. The molecular formula is C21H20N6O. The van der Waals surface area contributed by atoms with Crippen molar-refractivity contribution in [2.45, 2.75) is 6.92 Å². The quantitative estimate of drug-likeness (QED) is 0.582. The number of amides is 1. The van der Waals surface area contributed by atoms with Crippen molar-refractivity contribution in [2.75, 3.05) is 18.5 Å². The monoisotopic (exact) mass is 372 g/mol. The van der Waals surface area contributed by atoms with Crippen molar-refractivity contribution in [2.24, 2.45) is 5.73 Å². The van der Waals surface area contributed by atoms with Gasteiger partial charge in [-0.15, -0.1) is 5.10 Å². The maximum atomic E-state index is 11.1. The van der Waals surface area contributed by atoms with Crippen LogP contribution in [0.25, 0.3) is 28.2 Å². The number of fused-ring (bicyclic) bond motifs is 1. The molecule has 7 nitrogen and oxygen atoms in total. The van der Waals surface area contributed by atoms with Gasteiger partial charge in [0, 0.05) is 12.6 Å². The van der Waals surface area contributed by atoms with E-state index in [4.69, 9.17) is 5.73 Å². The summed E-state index contributed by atoms with van der Waals surface area (Å²) in [6.45, 7) is 2.16. The number of likely N-dealkylation sites (N-methyl/N-ethyl adjacent to an activating group) is 1. The Balaban J connectivity index is 1.75. The maximum Gasteiger partial charge on any atom is 0.251 e. The van der Waals surface area contributed by atoms with E-state index in [0.29, 0.717) is 11.6 Å². The van der Waals surface area contributed by atoms with Gasteiger partial charge in [0.25, 0.3) is 5.78 Å². The highest BCUT2D eigenvalue weighted by atomic mass is 16.1. The molecule has 0 unspecified atom stereocenters. The summed E-state index contributed by atoms with van der Waals surface area (Å²) in [5.41, 5.74) is 10.5. The van der Waals surface area contributed by atoms with Crippen molar-refractivity contribution in [3.05, 3.63) is 66.5 Å². The molecule has 4 aromatic rings. The Bertz CT molecular complexity index is 1150. The summed E-state index contributed by atoms with van der Waals surface area (Å²) in [6, 6.07) is 16.5. The Morgan fingerprint density at radius 3 is 2.61 bits per heavy atom. The van der Waals surface area contributed by atoms with Gasteiger partial charge in [-0.2, -0.15) is 0 Å². The predicted octanol–water partition coefficient (Wildman–Crippen LogP) is 2.69. The van der Waals surface area contributed by atoms with Crippen LogP contribution in [0.5, 0.6) is 0 Å². The Morgan fingerprint density at radius 2 is 1.86 bits per heavy atom. The highest BCUT2D eigenvalue weighted by molar-refractivity contribution is 5.79. The molecule has 0 atom stereocenters. The zero-order valence-electron chi connectivity index (χ0n) is 15.7. The van der Waals surface area contributed by atoms with Gasteiger partial charge in [0.1, 0.15) is 0 Å². The van der Waals surface area contributed by atoms with E-state index < -0.39 is 5.91 Å². The first-order chi connectivity index (χ1) is 13.5. The molecule has 0 bridgehead atoms. The highest BCUT2D eigenvalue weighted by Crippen LogP contribution is 2.31. The fraction of sp³-hybridized carbons (Fsp3) is 0.143. The lowest BCUT2D eigenvalue weighted by molar-refractivity contribution is -0.116. The minimum absolute atomic E-state index is 0.0694. The molecule has 28 heavy (non-hydrogen) atoms. The van der Waals surface area contributed by atoms with Crippen LogP contribution in [-0.2, 0) is 4.79 Å². The van der Waals surface area contributed by atoms with Gasteiger partial charge in [-0.3, -0.25) is 4.79 Å². The Hall–Kier alpha value is -3.74. The van der Waals surface area contributed by atoms with Crippen LogP contribution in [0.3, 0.4) is 0 Å². The van der Waals surface area contributed by atoms with Gasteiger partial charge >= 0.3 is 0 Å². The molecule has 0 aliphatic heterocycles. The highest BCUT2D eigenvalue weighted by Gasteiger charge is 2.13. The summed E-state index contributed by atoms with van der Waals surface area (Å²) in [5, 5.41) is 4.49. The molecule has 4 rings (SSSR count). The van der Waals surface area contributed by atoms with Crippen molar-refractivity contribution in [3.63, 3.8) is 0 Å². The molecular weight excluding hydrogens is 352 g/mol. The minimum atomic E-state index is -0.427. The van der Waals surface area contributed by atoms with Gasteiger partial charge in [-0.25, -0.2) is 14.5 Å². The summed E-state index contributed by atoms with van der Waals surface area (Å²) in [7, 11) is 1.74. The molecule has 0 aliphatic rings. The van der Waals surface area contributed by atoms with Crippen LogP contribution in [-0.4, -0.2) is 39.1 Å². The molecule has 2 aromatic heterocycles. The second-order valence-electron chi connectivity index (χ2n) is 6.65. The van der Waals surface area contributed by atoms with E-state index in [1.165, 1.54) is 0 Å². The third-order valence-corrected chi connectivity index (χ3v) is 4.65. The molecule has 0 spiro atoms. The lowest BCUT2D eigenvalue weighted by atomic mass is 9.95. The van der Waals surface area contributed by atoms with Crippen LogP contribution in [0.1, 0.15) is 5.56 Å². The van der Waals surface area contributed by atoms with E-state index in [2.05, 4.69) is 40.2 Å². The number of imidazole rings is 1. The molecule has 140 valence electrons. The Kier molecular flexibility index (Phi) is 4.49. The van der Waals surface area contributed by atoms with Gasteiger partial charge in [-0.1, -0.05) is 48.5 Å². The molecule has 0 fully saturated rings. The number of anilines is 1. The summed E-state index contributed by atoms with van der Waals surface area (Å²) in [4.78, 5) is 21.8. The first kappa shape index (κ1) is 17.7. The van der Waals surface area contributed by atoms with E-state index in [-0.39, 0.29) is 6.54 Å². The van der Waals surface area contributed by atoms with E-state index in [1.807, 2.05) is 36.5 Å². The molecule has 2 N–H and O–H groups in total. The molecule has 2 heterocycles. The molecule has 0 radical (unpaired) electrons. The van der Waals surface area contributed by atoms with Gasteiger partial charge in [0.15, 0.2) is 5.82 Å². The number of rotatable bonds is 5. The normalized spacial score (nSPS) is 10.9. The Morgan fingerprint density at radius 1 is 1.11 bits per heavy atom. The number of nitrogens with zero attached hydrogens (tertiary/aromatic N) is 5. The van der Waals surface area contributed by atoms with Crippen LogP contribution >= 0.6 is 0 Å². The Labute approximate surface area is 162 Å². The number of nitrogens with two attached hydrogens (primary N) is 1. The minimum Gasteiger partial charge on any atom is -0.368 e. The first-order valence-corrected chi connectivity index (χ1v) is 8.90. The third-order valence-electron chi connectivity index (χ3n) is 4.65. The number of carbonyl (C=O) groups excluding carboxylic acids is 1.